The molecule has 0 unspecified atom stereocenters. The van der Waals surface area contributed by atoms with Crippen LogP contribution in [0.25, 0.3) is 6.08 Å². The van der Waals surface area contributed by atoms with E-state index in [2.05, 4.69) is 27.3 Å². The molecule has 0 heterocycles. The molecule has 0 fully saturated rings. The average molecular weight is 557 g/mol. The number of hydrogen-bond acceptors (Lipinski definition) is 5. The maximum atomic E-state index is 12.7. The third kappa shape index (κ3) is 5.89. The van der Waals surface area contributed by atoms with Gasteiger partial charge in [-0.3, -0.25) is 4.79 Å². The van der Waals surface area contributed by atoms with Gasteiger partial charge in [0.05, 0.1) is 34.5 Å². The fourth-order valence-electron chi connectivity index (χ4n) is 2.94. The van der Waals surface area contributed by atoms with E-state index >= 15 is 0 Å². The summed E-state index contributed by atoms with van der Waals surface area (Å²) < 4.78 is 11.9. The number of hydrogen-bond donors (Lipinski definition) is 1. The normalized spacial score (nSPS) is 10.7. The quantitative estimate of drug-likeness (QED) is 0.256. The molecule has 1 N–H and O–H groups in total. The van der Waals surface area contributed by atoms with Gasteiger partial charge in [-0.15, -0.1) is 0 Å². The fourth-order valence-corrected chi connectivity index (χ4v) is 3.72. The first-order chi connectivity index (χ1) is 16.4. The van der Waals surface area contributed by atoms with Crippen LogP contribution in [0.5, 0.6) is 11.5 Å². The van der Waals surface area contributed by atoms with Crippen LogP contribution in [0.4, 0.5) is 5.69 Å². The average Bonchev–Trinajstić information content (AvgIpc) is 2.84. The minimum absolute atomic E-state index is 0.157. The number of amides is 1. The van der Waals surface area contributed by atoms with E-state index in [1.54, 1.807) is 48.5 Å². The van der Waals surface area contributed by atoms with E-state index in [1.807, 2.05) is 12.1 Å². The highest BCUT2D eigenvalue weighted by atomic mass is 79.9. The summed E-state index contributed by atoms with van der Waals surface area (Å²) in [4.78, 5) is 12.7. The number of methoxy groups -OCH3 is 1. The van der Waals surface area contributed by atoms with Crippen LogP contribution in [0.15, 0.2) is 64.6 Å². The van der Waals surface area contributed by atoms with Crippen molar-refractivity contribution in [3.63, 3.8) is 0 Å². The summed E-state index contributed by atoms with van der Waals surface area (Å²) >= 11 is 15.5. The first-order valence-corrected chi connectivity index (χ1v) is 11.3. The number of anilines is 1. The Morgan fingerprint density at radius 2 is 1.88 bits per heavy atom. The van der Waals surface area contributed by atoms with Gasteiger partial charge in [0.1, 0.15) is 18.2 Å². The first kappa shape index (κ1) is 25.1. The summed E-state index contributed by atoms with van der Waals surface area (Å²) in [5, 5.41) is 21.9. The van der Waals surface area contributed by atoms with Gasteiger partial charge in [0, 0.05) is 10.0 Å². The van der Waals surface area contributed by atoms with Crippen LogP contribution in [0.2, 0.25) is 10.0 Å². The second-order valence-corrected chi connectivity index (χ2v) is 8.45. The topological polar surface area (TPSA) is 95.1 Å². The minimum Gasteiger partial charge on any atom is -0.493 e. The molecule has 9 heteroatoms. The van der Waals surface area contributed by atoms with Crippen molar-refractivity contribution >= 4 is 56.8 Å². The molecule has 0 saturated carbocycles. The zero-order valence-electron chi connectivity index (χ0n) is 17.7. The molecule has 3 aromatic carbocycles. The Morgan fingerprint density at radius 1 is 1.12 bits per heavy atom. The van der Waals surface area contributed by atoms with E-state index in [0.29, 0.717) is 32.8 Å². The monoisotopic (exact) mass is 555 g/mol. The first-order valence-electron chi connectivity index (χ1n) is 9.73. The molecule has 0 bridgehead atoms. The van der Waals surface area contributed by atoms with Gasteiger partial charge in [0.15, 0.2) is 11.5 Å². The van der Waals surface area contributed by atoms with Gasteiger partial charge in [0.2, 0.25) is 0 Å². The van der Waals surface area contributed by atoms with E-state index in [4.69, 9.17) is 32.7 Å². The highest BCUT2D eigenvalue weighted by Gasteiger charge is 2.16. The molecule has 0 spiro atoms. The van der Waals surface area contributed by atoms with Crippen molar-refractivity contribution < 1.29 is 14.3 Å². The van der Waals surface area contributed by atoms with Crippen molar-refractivity contribution in [2.24, 2.45) is 0 Å². The molecule has 34 heavy (non-hydrogen) atoms. The van der Waals surface area contributed by atoms with Crippen molar-refractivity contribution in [3.8, 4) is 23.6 Å². The van der Waals surface area contributed by atoms with Crippen LogP contribution in [-0.2, 0) is 11.4 Å². The molecule has 0 aliphatic rings. The number of ether oxygens (including phenoxy) is 2. The molecular formula is C25H16BrCl2N3O3. The molecule has 0 saturated heterocycles. The van der Waals surface area contributed by atoms with E-state index in [0.717, 1.165) is 5.56 Å². The molecule has 0 aliphatic carbocycles. The summed E-state index contributed by atoms with van der Waals surface area (Å²) in [5.41, 5.74) is 1.90. The lowest BCUT2D eigenvalue weighted by atomic mass is 10.1. The lowest BCUT2D eigenvalue weighted by Gasteiger charge is -2.14. The molecule has 0 aromatic heterocycles. The third-order valence-corrected chi connectivity index (χ3v) is 6.17. The van der Waals surface area contributed by atoms with Gasteiger partial charge < -0.3 is 14.8 Å². The van der Waals surface area contributed by atoms with Crippen LogP contribution in [-0.4, -0.2) is 13.0 Å². The van der Waals surface area contributed by atoms with Crippen molar-refractivity contribution in [1.82, 2.24) is 0 Å². The van der Waals surface area contributed by atoms with E-state index in [1.165, 1.54) is 13.2 Å². The smallest absolute Gasteiger partial charge is 0.266 e. The zero-order valence-corrected chi connectivity index (χ0v) is 20.8. The molecular weight excluding hydrogens is 541 g/mol. The Bertz CT molecular complexity index is 1360. The number of nitriles is 2. The summed E-state index contributed by atoms with van der Waals surface area (Å²) in [6.07, 6.45) is 1.41. The van der Waals surface area contributed by atoms with Gasteiger partial charge in [-0.25, -0.2) is 0 Å². The standard InChI is InChI=1S/C25H16BrCl2N3O3/c1-33-22-10-17(9-18(13-30)25(32)31-21-8-4-7-20(27)24(21)28)19(26)11-23(22)34-14-16-6-3-2-5-15(16)12-29/h2-11H,14H2,1H3,(H,31,32)/b18-9-. The van der Waals surface area contributed by atoms with Crippen molar-refractivity contribution in [2.45, 2.75) is 6.61 Å². The Balaban J connectivity index is 1.86. The number of nitrogens with one attached hydrogen (secondary N) is 1. The van der Waals surface area contributed by atoms with Gasteiger partial charge in [-0.2, -0.15) is 10.5 Å². The van der Waals surface area contributed by atoms with E-state index < -0.39 is 5.91 Å². The largest absolute Gasteiger partial charge is 0.493 e. The summed E-state index contributed by atoms with van der Waals surface area (Å²) in [7, 11) is 1.48. The zero-order chi connectivity index (χ0) is 24.7. The number of benzene rings is 3. The molecule has 170 valence electrons. The highest BCUT2D eigenvalue weighted by Crippen LogP contribution is 2.35. The summed E-state index contributed by atoms with van der Waals surface area (Å²) in [6.45, 7) is 0.161. The number of halogens is 3. The highest BCUT2D eigenvalue weighted by molar-refractivity contribution is 9.10. The van der Waals surface area contributed by atoms with Crippen LogP contribution < -0.4 is 14.8 Å². The van der Waals surface area contributed by atoms with Crippen LogP contribution in [0, 0.1) is 22.7 Å². The summed E-state index contributed by atoms with van der Waals surface area (Å²) in [6, 6.07) is 19.3. The molecule has 1 amide bonds. The maximum absolute atomic E-state index is 12.7. The van der Waals surface area contributed by atoms with Crippen molar-refractivity contribution in [1.29, 1.82) is 10.5 Å². The SMILES string of the molecule is COc1cc(/C=C(/C#N)C(=O)Nc2cccc(Cl)c2Cl)c(Br)cc1OCc1ccccc1C#N. The molecule has 0 radical (unpaired) electrons. The number of carbonyl (C=O) groups is 1. The van der Waals surface area contributed by atoms with Gasteiger partial charge in [-0.1, -0.05) is 63.4 Å². The number of rotatable bonds is 7. The fraction of sp³-hybridized carbons (Fsp3) is 0.0800. The molecule has 0 atom stereocenters. The lowest BCUT2D eigenvalue weighted by molar-refractivity contribution is -0.112. The van der Waals surface area contributed by atoms with Crippen molar-refractivity contribution in [3.05, 3.63) is 91.4 Å². The van der Waals surface area contributed by atoms with Gasteiger partial charge in [-0.05, 0) is 42.0 Å². The van der Waals surface area contributed by atoms with Crippen molar-refractivity contribution in [2.75, 3.05) is 12.4 Å². The molecule has 0 aliphatic heterocycles. The van der Waals surface area contributed by atoms with Gasteiger partial charge in [0.25, 0.3) is 5.91 Å². The predicted octanol–water partition coefficient (Wildman–Crippen LogP) is 6.76. The molecule has 3 rings (SSSR count). The van der Waals surface area contributed by atoms with Gasteiger partial charge >= 0.3 is 0 Å². The van der Waals surface area contributed by atoms with Crippen LogP contribution >= 0.6 is 39.1 Å². The van der Waals surface area contributed by atoms with E-state index in [9.17, 15) is 15.3 Å². The summed E-state index contributed by atoms with van der Waals surface area (Å²) in [5.74, 6) is 0.165. The Morgan fingerprint density at radius 3 is 2.59 bits per heavy atom. The Kier molecular flexibility index (Phi) is 8.56. The molecule has 3 aromatic rings. The minimum atomic E-state index is -0.647. The Labute approximate surface area is 215 Å². The second kappa shape index (κ2) is 11.6. The second-order valence-electron chi connectivity index (χ2n) is 6.81. The lowest BCUT2D eigenvalue weighted by Crippen LogP contribution is -2.13. The van der Waals surface area contributed by atoms with Crippen LogP contribution in [0.1, 0.15) is 16.7 Å². The third-order valence-electron chi connectivity index (χ3n) is 4.67. The number of nitrogens with zero attached hydrogens (tertiary/aromatic N) is 2. The molecule has 6 nitrogen and oxygen atoms in total. The van der Waals surface area contributed by atoms with Crippen LogP contribution in [0.3, 0.4) is 0 Å². The maximum Gasteiger partial charge on any atom is 0.266 e. The van der Waals surface area contributed by atoms with E-state index in [-0.39, 0.29) is 22.2 Å². The Hall–Kier alpha value is -3.49. The predicted molar refractivity (Wildman–Crippen MR) is 135 cm³/mol. The number of carbonyl (C=O) groups excluding carboxylic acids is 1.